The molecule has 0 saturated carbocycles. The number of hydrogen-bond donors (Lipinski definition) is 2. The van der Waals surface area contributed by atoms with Crippen molar-refractivity contribution >= 4 is 6.08 Å². The maximum atomic E-state index is 8.96. The van der Waals surface area contributed by atoms with Gasteiger partial charge >= 0.3 is 0 Å². The number of aromatic nitrogens is 4. The van der Waals surface area contributed by atoms with Crippen molar-refractivity contribution in [1.82, 2.24) is 20.2 Å². The smallest absolute Gasteiger partial charge is 0.115 e. The van der Waals surface area contributed by atoms with Crippen LogP contribution < -0.4 is 0 Å². The Morgan fingerprint density at radius 3 is 2.50 bits per heavy atom. The van der Waals surface area contributed by atoms with Gasteiger partial charge in [-0.25, -0.2) is 9.97 Å². The van der Waals surface area contributed by atoms with Gasteiger partial charge in [0.05, 0.1) is 6.10 Å². The average molecular weight is 330 g/mol. The number of unbranched alkanes of at least 4 members (excludes halogenated alkanes) is 1. The van der Waals surface area contributed by atoms with E-state index in [4.69, 9.17) is 5.11 Å². The van der Waals surface area contributed by atoms with E-state index >= 15 is 0 Å². The highest BCUT2D eigenvalue weighted by molar-refractivity contribution is 5.53. The number of aryl methyl sites for hydroxylation is 3. The molecular weight excluding hydrogens is 300 g/mol. The Morgan fingerprint density at radius 2 is 1.96 bits per heavy atom. The highest BCUT2D eigenvalue weighted by Gasteiger charge is 1.99. The molecule has 0 amide bonds. The molecule has 0 saturated heterocycles. The summed E-state index contributed by atoms with van der Waals surface area (Å²) in [6.07, 6.45) is 12.6. The van der Waals surface area contributed by atoms with Gasteiger partial charge in [-0.2, -0.15) is 5.10 Å². The van der Waals surface area contributed by atoms with Crippen molar-refractivity contribution in [3.63, 3.8) is 0 Å². The molecule has 0 spiro atoms. The average Bonchev–Trinajstić information content (AvgIpc) is 3.04. The topological polar surface area (TPSA) is 74.7 Å². The van der Waals surface area contributed by atoms with E-state index in [1.54, 1.807) is 12.5 Å². The molecule has 0 aliphatic rings. The van der Waals surface area contributed by atoms with Crippen LogP contribution in [0, 0.1) is 13.8 Å². The molecule has 5 nitrogen and oxygen atoms in total. The van der Waals surface area contributed by atoms with Crippen LogP contribution in [0.3, 0.4) is 0 Å². The summed E-state index contributed by atoms with van der Waals surface area (Å²) in [5, 5.41) is 15.7. The molecule has 0 aliphatic heterocycles. The van der Waals surface area contributed by atoms with Crippen molar-refractivity contribution in [3.8, 4) is 0 Å². The van der Waals surface area contributed by atoms with E-state index in [1.807, 2.05) is 26.8 Å². The van der Waals surface area contributed by atoms with E-state index in [0.29, 0.717) is 0 Å². The number of nitrogens with zero attached hydrogens (tertiary/aromatic N) is 3. The number of allylic oxidation sites excluding steroid dienone is 1. The molecule has 0 aromatic carbocycles. The summed E-state index contributed by atoms with van der Waals surface area (Å²) >= 11 is 0. The van der Waals surface area contributed by atoms with Gasteiger partial charge in [-0.15, -0.1) is 0 Å². The normalized spacial score (nSPS) is 12.0. The van der Waals surface area contributed by atoms with Gasteiger partial charge < -0.3 is 5.11 Å². The fourth-order valence-electron chi connectivity index (χ4n) is 2.22. The van der Waals surface area contributed by atoms with Crippen LogP contribution in [-0.4, -0.2) is 31.4 Å². The maximum Gasteiger partial charge on any atom is 0.115 e. The minimum absolute atomic E-state index is 0.182. The summed E-state index contributed by atoms with van der Waals surface area (Å²) < 4.78 is 0. The second-order valence-electron chi connectivity index (χ2n) is 5.97. The molecule has 0 fully saturated rings. The predicted octanol–water partition coefficient (Wildman–Crippen LogP) is 4.02. The third-order valence-electron chi connectivity index (χ3n) is 3.65. The number of H-pyrrole nitrogens is 1. The zero-order valence-electron chi connectivity index (χ0n) is 15.3. The van der Waals surface area contributed by atoms with Crippen LogP contribution in [0.1, 0.15) is 62.2 Å². The number of aliphatic hydroxyl groups excluding tert-OH is 1. The minimum atomic E-state index is -0.182. The molecule has 0 bridgehead atoms. The van der Waals surface area contributed by atoms with Crippen LogP contribution in [0.4, 0.5) is 0 Å². The van der Waals surface area contributed by atoms with Crippen molar-refractivity contribution in [2.24, 2.45) is 0 Å². The molecular formula is C19H30N4O. The van der Waals surface area contributed by atoms with Crippen LogP contribution in [0.25, 0.3) is 6.08 Å². The number of rotatable bonds is 7. The largest absolute Gasteiger partial charge is 0.393 e. The van der Waals surface area contributed by atoms with Crippen molar-refractivity contribution in [3.05, 3.63) is 47.3 Å². The quantitative estimate of drug-likeness (QED) is 0.804. The van der Waals surface area contributed by atoms with E-state index in [0.717, 1.165) is 48.3 Å². The Bertz CT molecular complexity index is 571. The van der Waals surface area contributed by atoms with Crippen LogP contribution in [0.5, 0.6) is 0 Å². The molecule has 1 unspecified atom stereocenters. The molecule has 0 aliphatic carbocycles. The van der Waals surface area contributed by atoms with Crippen molar-refractivity contribution in [2.45, 2.75) is 65.9 Å². The Morgan fingerprint density at radius 1 is 1.25 bits per heavy atom. The Balaban J connectivity index is 0.000000243. The van der Waals surface area contributed by atoms with Crippen LogP contribution >= 0.6 is 0 Å². The first-order chi connectivity index (χ1) is 11.5. The van der Waals surface area contributed by atoms with E-state index in [9.17, 15) is 0 Å². The number of aromatic amines is 1. The van der Waals surface area contributed by atoms with Gasteiger partial charge in [0, 0.05) is 28.8 Å². The fourth-order valence-corrected chi connectivity index (χ4v) is 2.22. The summed E-state index contributed by atoms with van der Waals surface area (Å²) in [5.74, 6) is 0. The van der Waals surface area contributed by atoms with Crippen LogP contribution in [0.2, 0.25) is 0 Å². The van der Waals surface area contributed by atoms with Crippen molar-refractivity contribution in [2.75, 3.05) is 0 Å². The molecule has 5 heteroatoms. The van der Waals surface area contributed by atoms with Gasteiger partial charge in [0.25, 0.3) is 0 Å². The minimum Gasteiger partial charge on any atom is -0.393 e. The first kappa shape index (κ1) is 20.0. The van der Waals surface area contributed by atoms with E-state index in [2.05, 4.69) is 39.2 Å². The Labute approximate surface area is 145 Å². The lowest BCUT2D eigenvalue weighted by molar-refractivity contribution is 0.181. The summed E-state index contributed by atoms with van der Waals surface area (Å²) in [7, 11) is 0. The molecule has 132 valence electrons. The van der Waals surface area contributed by atoms with Crippen molar-refractivity contribution < 1.29 is 5.11 Å². The molecule has 1 atom stereocenters. The maximum absolute atomic E-state index is 8.96. The van der Waals surface area contributed by atoms with Gasteiger partial charge in [-0.05, 0) is 52.5 Å². The highest BCUT2D eigenvalue weighted by Crippen LogP contribution is 2.10. The zero-order valence-corrected chi connectivity index (χ0v) is 15.3. The highest BCUT2D eigenvalue weighted by atomic mass is 16.3. The molecule has 24 heavy (non-hydrogen) atoms. The SMILES string of the molecule is CC(O)CCCc1ccn[nH]1.CCC/C=C\c1c(C)ncnc1C. The monoisotopic (exact) mass is 330 g/mol. The first-order valence-electron chi connectivity index (χ1n) is 8.65. The predicted molar refractivity (Wildman–Crippen MR) is 98.7 cm³/mol. The molecule has 2 N–H and O–H groups in total. The first-order valence-corrected chi connectivity index (χ1v) is 8.65. The standard InChI is InChI=1S/C11H16N2.C8H14N2O/c1-4-5-6-7-11-9(2)12-8-13-10(11)3;1-7(11)3-2-4-8-5-6-9-10-8/h6-8H,4-5H2,1-3H3;5-7,11H,2-4H2,1H3,(H,9,10)/b7-6-;. The molecule has 2 rings (SSSR count). The van der Waals surface area contributed by atoms with Gasteiger partial charge in [0.1, 0.15) is 6.33 Å². The summed E-state index contributed by atoms with van der Waals surface area (Å²) in [5.41, 5.74) is 4.42. The zero-order chi connectivity index (χ0) is 17.8. The number of nitrogens with one attached hydrogen (secondary N) is 1. The van der Waals surface area contributed by atoms with E-state index in [-0.39, 0.29) is 6.10 Å². The molecule has 2 aromatic heterocycles. The molecule has 2 aromatic rings. The molecule has 0 radical (unpaired) electrons. The second kappa shape index (κ2) is 11.5. The number of aliphatic hydroxyl groups is 1. The third-order valence-corrected chi connectivity index (χ3v) is 3.65. The van der Waals surface area contributed by atoms with Crippen molar-refractivity contribution in [1.29, 1.82) is 0 Å². The fraction of sp³-hybridized carbons (Fsp3) is 0.526. The van der Waals surface area contributed by atoms with Crippen LogP contribution in [0.15, 0.2) is 24.7 Å². The van der Waals surface area contributed by atoms with Gasteiger partial charge in [-0.3, -0.25) is 5.10 Å². The van der Waals surface area contributed by atoms with Crippen LogP contribution in [-0.2, 0) is 6.42 Å². The Hall–Kier alpha value is -2.01. The Kier molecular flexibility index (Phi) is 9.61. The van der Waals surface area contributed by atoms with Gasteiger partial charge in [0.2, 0.25) is 0 Å². The van der Waals surface area contributed by atoms with E-state index in [1.165, 1.54) is 6.42 Å². The second-order valence-corrected chi connectivity index (χ2v) is 5.97. The lowest BCUT2D eigenvalue weighted by atomic mass is 10.1. The third kappa shape index (κ3) is 8.02. The lowest BCUT2D eigenvalue weighted by Crippen LogP contribution is -1.99. The van der Waals surface area contributed by atoms with E-state index < -0.39 is 0 Å². The van der Waals surface area contributed by atoms with Gasteiger partial charge in [-0.1, -0.05) is 25.5 Å². The summed E-state index contributed by atoms with van der Waals surface area (Å²) in [6.45, 7) is 8.01. The summed E-state index contributed by atoms with van der Waals surface area (Å²) in [4.78, 5) is 8.31. The summed E-state index contributed by atoms with van der Waals surface area (Å²) in [6, 6.07) is 1.96. The molecule has 2 heterocycles. The van der Waals surface area contributed by atoms with Gasteiger partial charge in [0.15, 0.2) is 0 Å². The lowest BCUT2D eigenvalue weighted by Gasteiger charge is -2.01. The number of hydrogen-bond acceptors (Lipinski definition) is 4.